The molecular formula is C15H8Cl2F4N2O4. The van der Waals surface area contributed by atoms with Gasteiger partial charge in [-0.15, -0.1) is 0 Å². The summed E-state index contributed by atoms with van der Waals surface area (Å²) in [4.78, 5) is 33.8. The molecule has 0 bridgehead atoms. The van der Waals surface area contributed by atoms with Gasteiger partial charge in [0.05, 0.1) is 11.1 Å². The zero-order valence-corrected chi connectivity index (χ0v) is 14.4. The maximum atomic E-state index is 12.7. The number of carbonyl (C=O) groups excluding carboxylic acids is 2. The van der Waals surface area contributed by atoms with E-state index in [0.717, 1.165) is 12.1 Å². The molecule has 0 spiro atoms. The normalized spacial score (nSPS) is 10.4. The number of nitrogens with zero attached hydrogens (tertiary/aromatic N) is 1. The Morgan fingerprint density at radius 2 is 1.63 bits per heavy atom. The van der Waals surface area contributed by atoms with E-state index in [0.29, 0.717) is 12.3 Å². The molecule has 27 heavy (non-hydrogen) atoms. The van der Waals surface area contributed by atoms with E-state index in [1.54, 1.807) is 0 Å². The van der Waals surface area contributed by atoms with Crippen LogP contribution < -0.4 is 5.32 Å². The summed E-state index contributed by atoms with van der Waals surface area (Å²) in [5.74, 6) is -2.99. The number of hydrogen-bond acceptors (Lipinski definition) is 4. The van der Waals surface area contributed by atoms with E-state index in [4.69, 9.17) is 16.7 Å². The largest absolute Gasteiger partial charge is 0.475 e. The van der Waals surface area contributed by atoms with Crippen LogP contribution >= 0.6 is 23.2 Å². The number of amides is 1. The van der Waals surface area contributed by atoms with Gasteiger partial charge in [0.2, 0.25) is 0 Å². The Bertz CT molecular complexity index is 846. The van der Waals surface area contributed by atoms with E-state index in [9.17, 15) is 31.9 Å². The highest BCUT2D eigenvalue weighted by Gasteiger charge is 2.32. The summed E-state index contributed by atoms with van der Waals surface area (Å²) >= 11 is 10.0. The van der Waals surface area contributed by atoms with Crippen molar-refractivity contribution in [3.8, 4) is 0 Å². The van der Waals surface area contributed by atoms with Gasteiger partial charge in [0, 0.05) is 11.9 Å². The number of pyridine rings is 1. The second-order valence-electron chi connectivity index (χ2n) is 4.60. The zero-order valence-electron chi connectivity index (χ0n) is 12.9. The Labute approximate surface area is 158 Å². The van der Waals surface area contributed by atoms with Crippen LogP contribution in [0.5, 0.6) is 0 Å². The Balaban J connectivity index is 0.000000527. The smallest absolute Gasteiger partial charge is 0.417 e. The van der Waals surface area contributed by atoms with E-state index < -0.39 is 40.2 Å². The minimum Gasteiger partial charge on any atom is -0.475 e. The van der Waals surface area contributed by atoms with Gasteiger partial charge in [-0.25, -0.2) is 14.2 Å². The highest BCUT2D eigenvalue weighted by molar-refractivity contribution is 6.79. The maximum Gasteiger partial charge on any atom is 0.417 e. The molecule has 1 amide bonds. The highest BCUT2D eigenvalue weighted by atomic mass is 35.5. The molecule has 6 nitrogen and oxygen atoms in total. The molecule has 0 radical (unpaired) electrons. The van der Waals surface area contributed by atoms with Crippen molar-refractivity contribution in [2.75, 3.05) is 5.32 Å². The number of anilines is 1. The van der Waals surface area contributed by atoms with E-state index in [1.165, 1.54) is 12.1 Å². The summed E-state index contributed by atoms with van der Waals surface area (Å²) < 4.78 is 50.5. The number of benzene rings is 1. The average Bonchev–Trinajstić information content (AvgIpc) is 2.56. The predicted molar refractivity (Wildman–Crippen MR) is 87.1 cm³/mol. The van der Waals surface area contributed by atoms with Crippen LogP contribution in [-0.2, 0) is 15.8 Å². The Kier molecular flexibility index (Phi) is 7.68. The SMILES string of the molecule is O=C(Nc1ccc(F)cc1)c1cc(C(F)(F)F)cnc1Cl.O=C(O)C(=O)Cl. The van der Waals surface area contributed by atoms with Crippen molar-refractivity contribution in [1.29, 1.82) is 0 Å². The van der Waals surface area contributed by atoms with Gasteiger partial charge in [0.15, 0.2) is 0 Å². The first-order chi connectivity index (χ1) is 12.4. The molecule has 1 aromatic carbocycles. The van der Waals surface area contributed by atoms with Crippen LogP contribution in [0.3, 0.4) is 0 Å². The van der Waals surface area contributed by atoms with Crippen LogP contribution in [0.15, 0.2) is 36.5 Å². The highest BCUT2D eigenvalue weighted by Crippen LogP contribution is 2.30. The number of rotatable bonds is 3. The van der Waals surface area contributed by atoms with Gasteiger partial charge in [-0.05, 0) is 41.9 Å². The van der Waals surface area contributed by atoms with Gasteiger partial charge in [0.1, 0.15) is 11.0 Å². The predicted octanol–water partition coefficient (Wildman–Crippen LogP) is 3.98. The molecular weight excluding hydrogens is 419 g/mol. The van der Waals surface area contributed by atoms with Crippen molar-refractivity contribution in [3.05, 3.63) is 58.6 Å². The molecule has 2 N–H and O–H groups in total. The number of halogens is 6. The number of nitrogens with one attached hydrogen (secondary N) is 1. The minimum absolute atomic E-state index is 0.217. The standard InChI is InChI=1S/C13H7ClF4N2O.C2HClO3/c14-11-10(5-7(6-19-11)13(16,17)18)12(21)20-9-3-1-8(15)2-4-9;3-1(4)2(5)6/h1-6H,(H,20,21);(H,5,6). The van der Waals surface area contributed by atoms with Gasteiger partial charge in [-0.3, -0.25) is 9.59 Å². The first kappa shape index (κ1) is 22.3. The number of carboxylic acids is 1. The number of carboxylic acid groups (broad SMARTS) is 1. The van der Waals surface area contributed by atoms with Crippen LogP contribution in [0.2, 0.25) is 5.15 Å². The second kappa shape index (κ2) is 9.28. The molecule has 0 fully saturated rings. The number of aliphatic carboxylic acids is 1. The lowest BCUT2D eigenvalue weighted by molar-refractivity contribution is -0.145. The number of alkyl halides is 3. The van der Waals surface area contributed by atoms with Crippen molar-refractivity contribution < 1.29 is 37.1 Å². The number of hydrogen-bond donors (Lipinski definition) is 2. The lowest BCUT2D eigenvalue weighted by atomic mass is 10.2. The fourth-order valence-corrected chi connectivity index (χ4v) is 1.68. The maximum absolute atomic E-state index is 12.7. The molecule has 0 unspecified atom stereocenters. The third-order valence-corrected chi connectivity index (χ3v) is 3.14. The van der Waals surface area contributed by atoms with Crippen LogP contribution in [0.25, 0.3) is 0 Å². The van der Waals surface area contributed by atoms with E-state index in [-0.39, 0.29) is 10.8 Å². The Hall–Kier alpha value is -2.72. The lowest BCUT2D eigenvalue weighted by Crippen LogP contribution is -2.15. The molecule has 1 heterocycles. The minimum atomic E-state index is -4.64. The second-order valence-corrected chi connectivity index (χ2v) is 5.30. The summed E-state index contributed by atoms with van der Waals surface area (Å²) in [5.41, 5.74) is -1.29. The number of carbonyl (C=O) groups is 3. The van der Waals surface area contributed by atoms with Crippen LogP contribution in [-0.4, -0.2) is 27.2 Å². The molecule has 12 heteroatoms. The van der Waals surface area contributed by atoms with Crippen LogP contribution in [0.4, 0.5) is 23.2 Å². The van der Waals surface area contributed by atoms with E-state index in [1.807, 2.05) is 0 Å². The third kappa shape index (κ3) is 7.19. The summed E-state index contributed by atoms with van der Waals surface area (Å²) in [5, 5.41) is 8.11. The zero-order chi connectivity index (χ0) is 20.8. The fraction of sp³-hybridized carbons (Fsp3) is 0.0667. The average molecular weight is 427 g/mol. The Morgan fingerprint density at radius 1 is 1.11 bits per heavy atom. The van der Waals surface area contributed by atoms with Gasteiger partial charge in [-0.1, -0.05) is 11.6 Å². The number of aromatic nitrogens is 1. The molecule has 0 aliphatic carbocycles. The molecule has 0 saturated carbocycles. The Morgan fingerprint density at radius 3 is 2.07 bits per heavy atom. The van der Waals surface area contributed by atoms with Crippen molar-refractivity contribution >= 4 is 46.0 Å². The molecule has 0 saturated heterocycles. The molecule has 0 atom stereocenters. The molecule has 2 aromatic rings. The third-order valence-electron chi connectivity index (χ3n) is 2.68. The van der Waals surface area contributed by atoms with Gasteiger partial charge < -0.3 is 10.4 Å². The van der Waals surface area contributed by atoms with Crippen LogP contribution in [0.1, 0.15) is 15.9 Å². The van der Waals surface area contributed by atoms with Crippen molar-refractivity contribution in [2.24, 2.45) is 0 Å². The molecule has 144 valence electrons. The van der Waals surface area contributed by atoms with Crippen molar-refractivity contribution in [3.63, 3.8) is 0 Å². The van der Waals surface area contributed by atoms with E-state index in [2.05, 4.69) is 21.9 Å². The monoisotopic (exact) mass is 426 g/mol. The van der Waals surface area contributed by atoms with Gasteiger partial charge in [0.25, 0.3) is 5.91 Å². The fourth-order valence-electron chi connectivity index (χ4n) is 1.49. The summed E-state index contributed by atoms with van der Waals surface area (Å²) in [6.45, 7) is 0. The topological polar surface area (TPSA) is 96.4 Å². The molecule has 0 aliphatic rings. The van der Waals surface area contributed by atoms with Gasteiger partial charge >= 0.3 is 17.4 Å². The molecule has 1 aromatic heterocycles. The summed E-state index contributed by atoms with van der Waals surface area (Å²) in [6.07, 6.45) is -4.10. The van der Waals surface area contributed by atoms with Crippen molar-refractivity contribution in [1.82, 2.24) is 4.98 Å². The molecule has 0 aliphatic heterocycles. The van der Waals surface area contributed by atoms with E-state index >= 15 is 0 Å². The first-order valence-corrected chi connectivity index (χ1v) is 7.39. The quantitative estimate of drug-likeness (QED) is 0.335. The lowest BCUT2D eigenvalue weighted by Gasteiger charge is -2.10. The molecule has 2 rings (SSSR count). The summed E-state index contributed by atoms with van der Waals surface area (Å²) in [6, 6.07) is 5.34. The first-order valence-electron chi connectivity index (χ1n) is 6.64. The van der Waals surface area contributed by atoms with Crippen molar-refractivity contribution in [2.45, 2.75) is 6.18 Å². The van der Waals surface area contributed by atoms with Crippen LogP contribution in [0, 0.1) is 5.82 Å². The summed E-state index contributed by atoms with van der Waals surface area (Å²) in [7, 11) is 0. The van der Waals surface area contributed by atoms with Gasteiger partial charge in [-0.2, -0.15) is 13.2 Å².